The van der Waals surface area contributed by atoms with Crippen LogP contribution in [-0.2, 0) is 9.53 Å². The molecule has 0 aromatic heterocycles. The van der Waals surface area contributed by atoms with Crippen LogP contribution in [-0.4, -0.2) is 69.1 Å². The van der Waals surface area contributed by atoms with Crippen molar-refractivity contribution in [3.05, 3.63) is 65.5 Å². The quantitative estimate of drug-likeness (QED) is 0.505. The molecule has 3 amide bonds. The van der Waals surface area contributed by atoms with Crippen LogP contribution >= 0.6 is 0 Å². The highest BCUT2D eigenvalue weighted by molar-refractivity contribution is 5.98. The summed E-state index contributed by atoms with van der Waals surface area (Å²) in [7, 11) is 3.15. The van der Waals surface area contributed by atoms with Crippen LogP contribution in [0.15, 0.2) is 48.5 Å². The zero-order chi connectivity index (χ0) is 25.2. The first-order valence-corrected chi connectivity index (χ1v) is 11.7. The summed E-state index contributed by atoms with van der Waals surface area (Å²) >= 11 is 0. The van der Waals surface area contributed by atoms with Crippen LogP contribution in [0.5, 0.6) is 5.75 Å². The maximum atomic E-state index is 14.1. The maximum Gasteiger partial charge on any atom is 0.254 e. The van der Waals surface area contributed by atoms with Crippen molar-refractivity contribution >= 4 is 17.7 Å². The zero-order valence-electron chi connectivity index (χ0n) is 20.1. The van der Waals surface area contributed by atoms with Crippen LogP contribution in [0.25, 0.3) is 0 Å². The third kappa shape index (κ3) is 7.02. The van der Waals surface area contributed by atoms with Gasteiger partial charge >= 0.3 is 0 Å². The first-order chi connectivity index (χ1) is 16.9. The predicted octanol–water partition coefficient (Wildman–Crippen LogP) is 2.64. The van der Waals surface area contributed by atoms with Gasteiger partial charge in [-0.05, 0) is 61.6 Å². The molecular formula is C26H32FN3O5. The molecule has 3 rings (SSSR count). The van der Waals surface area contributed by atoms with Crippen LogP contribution in [0.4, 0.5) is 4.39 Å². The van der Waals surface area contributed by atoms with Crippen LogP contribution in [0.1, 0.15) is 40.0 Å². The fourth-order valence-electron chi connectivity index (χ4n) is 4.15. The summed E-state index contributed by atoms with van der Waals surface area (Å²) in [5.74, 6) is -1.24. The van der Waals surface area contributed by atoms with Crippen molar-refractivity contribution in [2.45, 2.75) is 25.3 Å². The Kier molecular flexibility index (Phi) is 9.60. The molecule has 1 unspecified atom stereocenters. The van der Waals surface area contributed by atoms with Gasteiger partial charge in [0, 0.05) is 38.9 Å². The molecule has 35 heavy (non-hydrogen) atoms. The van der Waals surface area contributed by atoms with Gasteiger partial charge < -0.3 is 25.0 Å². The fourth-order valence-corrected chi connectivity index (χ4v) is 4.15. The number of piperidine rings is 1. The Bertz CT molecular complexity index is 1010. The SMILES string of the molecule is COCCCNC(=O)C(NC(=O)c1ccccc1F)C1CCN(C(=O)c2ccc(OC)cc2)CC1. The van der Waals surface area contributed by atoms with Crippen molar-refractivity contribution in [3.8, 4) is 5.75 Å². The lowest BCUT2D eigenvalue weighted by molar-refractivity contribution is -0.124. The Labute approximate surface area is 204 Å². The minimum atomic E-state index is -0.845. The number of methoxy groups -OCH3 is 2. The molecule has 0 bridgehead atoms. The number of hydrogen-bond acceptors (Lipinski definition) is 5. The van der Waals surface area contributed by atoms with Gasteiger partial charge in [0.15, 0.2) is 0 Å². The molecule has 1 aliphatic heterocycles. The average Bonchev–Trinajstić information content (AvgIpc) is 2.89. The minimum Gasteiger partial charge on any atom is -0.497 e. The maximum absolute atomic E-state index is 14.1. The van der Waals surface area contributed by atoms with E-state index in [4.69, 9.17) is 9.47 Å². The van der Waals surface area contributed by atoms with E-state index in [1.807, 2.05) is 0 Å². The van der Waals surface area contributed by atoms with Crippen LogP contribution in [0.2, 0.25) is 0 Å². The van der Waals surface area contributed by atoms with Crippen molar-refractivity contribution < 1.29 is 28.2 Å². The molecule has 2 aromatic rings. The largest absolute Gasteiger partial charge is 0.497 e. The second-order valence-electron chi connectivity index (χ2n) is 8.43. The number of rotatable bonds is 10. The molecule has 1 fully saturated rings. The summed E-state index contributed by atoms with van der Waals surface area (Å²) in [6.07, 6.45) is 1.68. The molecule has 0 aliphatic carbocycles. The van der Waals surface area contributed by atoms with Gasteiger partial charge in [-0.3, -0.25) is 14.4 Å². The van der Waals surface area contributed by atoms with E-state index in [1.54, 1.807) is 49.5 Å². The van der Waals surface area contributed by atoms with Gasteiger partial charge in [-0.25, -0.2) is 4.39 Å². The summed E-state index contributed by atoms with van der Waals surface area (Å²) in [6.45, 7) is 1.78. The number of nitrogens with one attached hydrogen (secondary N) is 2. The molecule has 1 aliphatic rings. The van der Waals surface area contributed by atoms with Crippen molar-refractivity contribution in [2.75, 3.05) is 40.5 Å². The Morgan fingerprint density at radius 1 is 1.06 bits per heavy atom. The van der Waals surface area contributed by atoms with Crippen molar-refractivity contribution in [1.82, 2.24) is 15.5 Å². The predicted molar refractivity (Wildman–Crippen MR) is 129 cm³/mol. The Morgan fingerprint density at radius 3 is 2.37 bits per heavy atom. The average molecular weight is 486 g/mol. The van der Waals surface area contributed by atoms with Gasteiger partial charge in [0.2, 0.25) is 5.91 Å². The second kappa shape index (κ2) is 12.9. The van der Waals surface area contributed by atoms with E-state index < -0.39 is 17.8 Å². The highest BCUT2D eigenvalue weighted by atomic mass is 19.1. The summed E-state index contributed by atoms with van der Waals surface area (Å²) in [5.41, 5.74) is 0.446. The highest BCUT2D eigenvalue weighted by Crippen LogP contribution is 2.24. The Morgan fingerprint density at radius 2 is 1.74 bits per heavy atom. The van der Waals surface area contributed by atoms with Crippen molar-refractivity contribution in [3.63, 3.8) is 0 Å². The lowest BCUT2D eigenvalue weighted by Gasteiger charge is -2.36. The molecule has 188 valence electrons. The van der Waals surface area contributed by atoms with Crippen LogP contribution < -0.4 is 15.4 Å². The lowest BCUT2D eigenvalue weighted by atomic mass is 9.88. The molecule has 0 radical (unpaired) electrons. The number of likely N-dealkylation sites (tertiary alicyclic amines) is 1. The minimum absolute atomic E-state index is 0.0953. The monoisotopic (exact) mass is 485 g/mol. The molecule has 2 N–H and O–H groups in total. The van der Waals surface area contributed by atoms with E-state index in [1.165, 1.54) is 18.2 Å². The molecule has 1 saturated heterocycles. The van der Waals surface area contributed by atoms with Gasteiger partial charge in [-0.1, -0.05) is 12.1 Å². The van der Waals surface area contributed by atoms with Gasteiger partial charge in [-0.15, -0.1) is 0 Å². The number of nitrogens with zero attached hydrogens (tertiary/aromatic N) is 1. The second-order valence-corrected chi connectivity index (χ2v) is 8.43. The molecule has 8 nitrogen and oxygen atoms in total. The number of hydrogen-bond donors (Lipinski definition) is 2. The standard InChI is InChI=1S/C26H32FN3O5/c1-34-17-5-14-28-25(32)23(29-24(31)21-6-3-4-7-22(21)27)18-12-15-30(16-13-18)26(33)19-8-10-20(35-2)11-9-19/h3-4,6-11,18,23H,5,12-17H2,1-2H3,(H,28,32)(H,29,31). The topological polar surface area (TPSA) is 97.0 Å². The molecular weight excluding hydrogens is 453 g/mol. The first-order valence-electron chi connectivity index (χ1n) is 11.7. The summed E-state index contributed by atoms with van der Waals surface area (Å²) in [6, 6.07) is 11.7. The molecule has 0 spiro atoms. The van der Waals surface area contributed by atoms with E-state index in [2.05, 4.69) is 10.6 Å². The number of amides is 3. The number of benzene rings is 2. The van der Waals surface area contributed by atoms with Crippen LogP contribution in [0, 0.1) is 11.7 Å². The third-order valence-corrected chi connectivity index (χ3v) is 6.15. The summed E-state index contributed by atoms with van der Waals surface area (Å²) in [4.78, 5) is 40.4. The van der Waals surface area contributed by atoms with Crippen LogP contribution in [0.3, 0.4) is 0 Å². The molecule has 2 aromatic carbocycles. The smallest absolute Gasteiger partial charge is 0.254 e. The zero-order valence-corrected chi connectivity index (χ0v) is 20.1. The first kappa shape index (κ1) is 26.2. The Balaban J connectivity index is 1.66. The lowest BCUT2D eigenvalue weighted by Crippen LogP contribution is -2.54. The number of ether oxygens (including phenoxy) is 2. The van der Waals surface area contributed by atoms with Gasteiger partial charge in [-0.2, -0.15) is 0 Å². The Hall–Kier alpha value is -3.46. The molecule has 0 saturated carbocycles. The molecule has 9 heteroatoms. The van der Waals surface area contributed by atoms with Gasteiger partial charge in [0.25, 0.3) is 11.8 Å². The third-order valence-electron chi connectivity index (χ3n) is 6.15. The van der Waals surface area contributed by atoms with E-state index in [0.717, 1.165) is 0 Å². The summed E-state index contributed by atoms with van der Waals surface area (Å²) < 4.78 is 24.3. The van der Waals surface area contributed by atoms with Gasteiger partial charge in [0.1, 0.15) is 17.6 Å². The molecule has 1 heterocycles. The highest BCUT2D eigenvalue weighted by Gasteiger charge is 2.34. The summed E-state index contributed by atoms with van der Waals surface area (Å²) in [5, 5.41) is 5.57. The van der Waals surface area contributed by atoms with Gasteiger partial charge in [0.05, 0.1) is 12.7 Å². The van der Waals surface area contributed by atoms with E-state index in [-0.39, 0.29) is 23.3 Å². The normalized spacial score (nSPS) is 14.8. The molecule has 1 atom stereocenters. The van der Waals surface area contributed by atoms with Crippen molar-refractivity contribution in [2.24, 2.45) is 5.92 Å². The fraction of sp³-hybridized carbons (Fsp3) is 0.423. The van der Waals surface area contributed by atoms with Crippen molar-refractivity contribution in [1.29, 1.82) is 0 Å². The number of carbonyl (C=O) groups excluding carboxylic acids is 3. The van der Waals surface area contributed by atoms with E-state index in [0.29, 0.717) is 56.8 Å². The number of halogens is 1. The van der Waals surface area contributed by atoms with E-state index in [9.17, 15) is 18.8 Å². The number of carbonyl (C=O) groups is 3. The van der Waals surface area contributed by atoms with E-state index >= 15 is 0 Å².